The van der Waals surface area contributed by atoms with Gasteiger partial charge in [0.05, 0.1) is 19.3 Å². The van der Waals surface area contributed by atoms with E-state index in [2.05, 4.69) is 15.5 Å². The Bertz CT molecular complexity index is 516. The molecule has 2 aromatic rings. The molecule has 1 heterocycles. The molecular weight excluding hydrogens is 262 g/mol. The average molecular weight is 279 g/mol. The topological polar surface area (TPSA) is 56.3 Å². The summed E-state index contributed by atoms with van der Waals surface area (Å²) in [4.78, 5) is 0. The second-order valence-electron chi connectivity index (χ2n) is 3.87. The van der Waals surface area contributed by atoms with Gasteiger partial charge < -0.3 is 14.8 Å². The van der Waals surface area contributed by atoms with Crippen molar-refractivity contribution in [1.29, 1.82) is 0 Å². The molecule has 0 amide bonds. The van der Waals surface area contributed by atoms with Crippen molar-refractivity contribution < 1.29 is 9.47 Å². The fourth-order valence-electron chi connectivity index (χ4n) is 1.62. The summed E-state index contributed by atoms with van der Waals surface area (Å²) < 4.78 is 10.3. The van der Waals surface area contributed by atoms with Gasteiger partial charge in [-0.25, -0.2) is 0 Å². The lowest BCUT2D eigenvalue weighted by Crippen LogP contribution is -2.18. The number of para-hydroxylation sites is 1. The molecule has 1 aromatic carbocycles. The van der Waals surface area contributed by atoms with E-state index in [1.807, 2.05) is 24.3 Å². The van der Waals surface area contributed by atoms with E-state index in [-0.39, 0.29) is 0 Å². The van der Waals surface area contributed by atoms with Crippen molar-refractivity contribution in [3.8, 4) is 16.3 Å². The largest absolute Gasteiger partial charge is 0.496 e. The monoisotopic (exact) mass is 279 g/mol. The van der Waals surface area contributed by atoms with E-state index < -0.39 is 0 Å². The smallest absolute Gasteiger partial charge is 0.151 e. The lowest BCUT2D eigenvalue weighted by Gasteiger charge is -2.03. The van der Waals surface area contributed by atoms with Crippen LogP contribution in [0.25, 0.3) is 10.6 Å². The minimum atomic E-state index is 0.693. The average Bonchev–Trinajstić information content (AvgIpc) is 2.92. The third-order valence-electron chi connectivity index (χ3n) is 2.56. The number of rotatable bonds is 7. The van der Waals surface area contributed by atoms with Crippen molar-refractivity contribution in [2.45, 2.75) is 6.54 Å². The Balaban J connectivity index is 2.04. The molecule has 1 N–H and O–H groups in total. The van der Waals surface area contributed by atoms with Crippen LogP contribution in [0.15, 0.2) is 24.3 Å². The molecule has 19 heavy (non-hydrogen) atoms. The predicted molar refractivity (Wildman–Crippen MR) is 75.5 cm³/mol. The lowest BCUT2D eigenvalue weighted by molar-refractivity contribution is 0.199. The summed E-state index contributed by atoms with van der Waals surface area (Å²) >= 11 is 1.57. The van der Waals surface area contributed by atoms with E-state index in [1.165, 1.54) is 0 Å². The van der Waals surface area contributed by atoms with Gasteiger partial charge in [-0.3, -0.25) is 0 Å². The standard InChI is InChI=1S/C13H17N3O2S/c1-17-8-7-14-9-12-15-16-13(19-12)10-5-3-4-6-11(10)18-2/h3-6,14H,7-9H2,1-2H3. The molecule has 0 spiro atoms. The van der Waals surface area contributed by atoms with Crippen LogP contribution < -0.4 is 10.1 Å². The van der Waals surface area contributed by atoms with Crippen molar-refractivity contribution >= 4 is 11.3 Å². The molecule has 0 radical (unpaired) electrons. The number of aromatic nitrogens is 2. The van der Waals surface area contributed by atoms with E-state index in [4.69, 9.17) is 9.47 Å². The summed E-state index contributed by atoms with van der Waals surface area (Å²) in [7, 11) is 3.35. The normalized spacial score (nSPS) is 10.6. The summed E-state index contributed by atoms with van der Waals surface area (Å²) in [6.45, 7) is 2.20. The first kappa shape index (κ1) is 13.9. The summed E-state index contributed by atoms with van der Waals surface area (Å²) in [5, 5.41) is 13.5. The van der Waals surface area contributed by atoms with Gasteiger partial charge >= 0.3 is 0 Å². The van der Waals surface area contributed by atoms with E-state index in [0.29, 0.717) is 13.2 Å². The van der Waals surface area contributed by atoms with Crippen molar-refractivity contribution in [3.05, 3.63) is 29.3 Å². The molecule has 0 bridgehead atoms. The minimum absolute atomic E-state index is 0.693. The maximum absolute atomic E-state index is 5.33. The minimum Gasteiger partial charge on any atom is -0.496 e. The highest BCUT2D eigenvalue weighted by Gasteiger charge is 2.10. The van der Waals surface area contributed by atoms with Crippen LogP contribution in [-0.2, 0) is 11.3 Å². The Hall–Kier alpha value is -1.50. The van der Waals surface area contributed by atoms with Gasteiger partial charge in [0.25, 0.3) is 0 Å². The molecule has 102 valence electrons. The fourth-order valence-corrected chi connectivity index (χ4v) is 2.46. The highest BCUT2D eigenvalue weighted by molar-refractivity contribution is 7.14. The van der Waals surface area contributed by atoms with Gasteiger partial charge in [0.1, 0.15) is 10.8 Å². The molecule has 0 aliphatic rings. The summed E-state index contributed by atoms with van der Waals surface area (Å²) in [6, 6.07) is 7.82. The molecule has 0 saturated heterocycles. The van der Waals surface area contributed by atoms with Gasteiger partial charge in [-0.05, 0) is 12.1 Å². The zero-order valence-corrected chi connectivity index (χ0v) is 11.9. The molecule has 0 saturated carbocycles. The van der Waals surface area contributed by atoms with Gasteiger partial charge in [0, 0.05) is 20.2 Å². The number of ether oxygens (including phenoxy) is 2. The molecule has 0 fully saturated rings. The van der Waals surface area contributed by atoms with Crippen molar-refractivity contribution in [2.24, 2.45) is 0 Å². The summed E-state index contributed by atoms with van der Waals surface area (Å²) in [5.74, 6) is 0.817. The quantitative estimate of drug-likeness (QED) is 0.785. The first-order valence-electron chi connectivity index (χ1n) is 6.00. The van der Waals surface area contributed by atoms with Crippen LogP contribution in [0, 0.1) is 0 Å². The van der Waals surface area contributed by atoms with Gasteiger partial charge in [0.2, 0.25) is 0 Å². The van der Waals surface area contributed by atoms with Crippen LogP contribution in [0.5, 0.6) is 5.75 Å². The van der Waals surface area contributed by atoms with Crippen LogP contribution >= 0.6 is 11.3 Å². The summed E-state index contributed by atoms with van der Waals surface area (Å²) in [5.41, 5.74) is 0.977. The molecule has 0 atom stereocenters. The Morgan fingerprint density at radius 2 is 2.05 bits per heavy atom. The van der Waals surface area contributed by atoms with Gasteiger partial charge in [-0.15, -0.1) is 10.2 Å². The number of hydrogen-bond acceptors (Lipinski definition) is 6. The zero-order chi connectivity index (χ0) is 13.5. The SMILES string of the molecule is COCCNCc1nnc(-c2ccccc2OC)s1. The van der Waals surface area contributed by atoms with E-state index >= 15 is 0 Å². The third kappa shape index (κ3) is 3.73. The molecule has 0 aliphatic heterocycles. The second-order valence-corrected chi connectivity index (χ2v) is 4.93. The summed E-state index contributed by atoms with van der Waals surface area (Å²) in [6.07, 6.45) is 0. The second kappa shape index (κ2) is 7.18. The molecule has 0 unspecified atom stereocenters. The maximum atomic E-state index is 5.33. The van der Waals surface area contributed by atoms with Crippen LogP contribution in [-0.4, -0.2) is 37.6 Å². The molecular formula is C13H17N3O2S. The van der Waals surface area contributed by atoms with Crippen LogP contribution in [0.1, 0.15) is 5.01 Å². The Labute approximate surface area is 116 Å². The Kier molecular flexibility index (Phi) is 5.26. The maximum Gasteiger partial charge on any atom is 0.151 e. The Morgan fingerprint density at radius 3 is 2.84 bits per heavy atom. The van der Waals surface area contributed by atoms with Gasteiger partial charge in [-0.2, -0.15) is 0 Å². The molecule has 5 nitrogen and oxygen atoms in total. The van der Waals surface area contributed by atoms with Crippen LogP contribution in [0.2, 0.25) is 0 Å². The lowest BCUT2D eigenvalue weighted by atomic mass is 10.2. The predicted octanol–water partition coefficient (Wildman–Crippen LogP) is 1.95. The van der Waals surface area contributed by atoms with E-state index in [1.54, 1.807) is 25.6 Å². The number of nitrogens with one attached hydrogen (secondary N) is 1. The van der Waals surface area contributed by atoms with E-state index in [9.17, 15) is 0 Å². The molecule has 1 aromatic heterocycles. The van der Waals surface area contributed by atoms with E-state index in [0.717, 1.165) is 27.9 Å². The third-order valence-corrected chi connectivity index (χ3v) is 3.52. The van der Waals surface area contributed by atoms with Gasteiger partial charge in [-0.1, -0.05) is 23.5 Å². The van der Waals surface area contributed by atoms with Crippen molar-refractivity contribution in [3.63, 3.8) is 0 Å². The van der Waals surface area contributed by atoms with Crippen molar-refractivity contribution in [1.82, 2.24) is 15.5 Å². The van der Waals surface area contributed by atoms with Gasteiger partial charge in [0.15, 0.2) is 5.01 Å². The number of hydrogen-bond donors (Lipinski definition) is 1. The fraction of sp³-hybridized carbons (Fsp3) is 0.385. The highest BCUT2D eigenvalue weighted by atomic mass is 32.1. The first-order valence-corrected chi connectivity index (χ1v) is 6.82. The van der Waals surface area contributed by atoms with Crippen LogP contribution in [0.3, 0.4) is 0 Å². The molecule has 6 heteroatoms. The van der Waals surface area contributed by atoms with Crippen molar-refractivity contribution in [2.75, 3.05) is 27.4 Å². The highest BCUT2D eigenvalue weighted by Crippen LogP contribution is 2.31. The molecule has 2 rings (SSSR count). The number of benzene rings is 1. The molecule has 0 aliphatic carbocycles. The number of methoxy groups -OCH3 is 2. The van der Waals surface area contributed by atoms with Crippen LogP contribution in [0.4, 0.5) is 0 Å². The Morgan fingerprint density at radius 1 is 1.21 bits per heavy atom. The number of nitrogens with zero attached hydrogens (tertiary/aromatic N) is 2. The zero-order valence-electron chi connectivity index (χ0n) is 11.0. The first-order chi connectivity index (χ1) is 9.35.